The molecule has 0 spiro atoms. The van der Waals surface area contributed by atoms with Crippen LogP contribution in [0, 0.1) is 0 Å². The van der Waals surface area contributed by atoms with E-state index in [-0.39, 0.29) is 6.03 Å². The van der Waals surface area contributed by atoms with Crippen molar-refractivity contribution in [3.63, 3.8) is 0 Å². The van der Waals surface area contributed by atoms with Gasteiger partial charge in [0.2, 0.25) is 0 Å². The molecule has 0 aromatic heterocycles. The number of ether oxygens (including phenoxy) is 1. The van der Waals surface area contributed by atoms with Gasteiger partial charge in [-0.1, -0.05) is 0 Å². The lowest BCUT2D eigenvalue weighted by Gasteiger charge is -2.27. The van der Waals surface area contributed by atoms with Gasteiger partial charge in [-0.3, -0.25) is 0 Å². The maximum atomic E-state index is 11.5. The largest absolute Gasteiger partial charge is 0.378 e. The highest BCUT2D eigenvalue weighted by molar-refractivity contribution is 5.74. The highest BCUT2D eigenvalue weighted by Gasteiger charge is 2.15. The van der Waals surface area contributed by atoms with Crippen LogP contribution in [0.3, 0.4) is 0 Å². The zero-order chi connectivity index (χ0) is 10.4. The summed E-state index contributed by atoms with van der Waals surface area (Å²) in [5, 5.41) is 2.87. The van der Waals surface area contributed by atoms with Gasteiger partial charge in [0.1, 0.15) is 0 Å². The molecule has 0 aromatic rings. The van der Waals surface area contributed by atoms with Crippen molar-refractivity contribution in [2.75, 3.05) is 53.5 Å². The van der Waals surface area contributed by atoms with Crippen LogP contribution in [-0.4, -0.2) is 69.3 Å². The van der Waals surface area contributed by atoms with E-state index in [1.807, 2.05) is 19.0 Å². The summed E-state index contributed by atoms with van der Waals surface area (Å²) in [5.74, 6) is 0. The third kappa shape index (κ3) is 3.93. The Morgan fingerprint density at radius 2 is 2.07 bits per heavy atom. The van der Waals surface area contributed by atoms with Crippen LogP contribution in [0.1, 0.15) is 0 Å². The standard InChI is InChI=1S/C9H19N3O2/c1-11(2)4-3-10-9(13)12-5-7-14-8-6-12/h3-8H2,1-2H3,(H,10,13). The molecular weight excluding hydrogens is 182 g/mol. The molecular formula is C9H19N3O2. The third-order valence-corrected chi connectivity index (χ3v) is 2.13. The first kappa shape index (κ1) is 11.3. The van der Waals surface area contributed by atoms with Crippen molar-refractivity contribution in [3.8, 4) is 0 Å². The maximum Gasteiger partial charge on any atom is 0.317 e. The molecule has 1 heterocycles. The number of carbonyl (C=O) groups excluding carboxylic acids is 1. The third-order valence-electron chi connectivity index (χ3n) is 2.13. The van der Waals surface area contributed by atoms with E-state index in [1.165, 1.54) is 0 Å². The van der Waals surface area contributed by atoms with Gasteiger partial charge in [-0.15, -0.1) is 0 Å². The highest BCUT2D eigenvalue weighted by atomic mass is 16.5. The van der Waals surface area contributed by atoms with Gasteiger partial charge in [0.05, 0.1) is 13.2 Å². The number of amides is 2. The second-order valence-corrected chi connectivity index (χ2v) is 3.63. The Labute approximate surface area is 85.0 Å². The van der Waals surface area contributed by atoms with Crippen LogP contribution in [0.2, 0.25) is 0 Å². The van der Waals surface area contributed by atoms with Crippen molar-refractivity contribution in [2.24, 2.45) is 0 Å². The molecule has 1 rings (SSSR count). The number of carbonyl (C=O) groups is 1. The van der Waals surface area contributed by atoms with Crippen molar-refractivity contribution >= 4 is 6.03 Å². The second-order valence-electron chi connectivity index (χ2n) is 3.63. The number of hydrogen-bond donors (Lipinski definition) is 1. The fourth-order valence-corrected chi connectivity index (χ4v) is 1.26. The quantitative estimate of drug-likeness (QED) is 0.675. The SMILES string of the molecule is CN(C)CCNC(=O)N1CCOCC1. The number of nitrogens with zero attached hydrogens (tertiary/aromatic N) is 2. The zero-order valence-electron chi connectivity index (χ0n) is 8.95. The van der Waals surface area contributed by atoms with Gasteiger partial charge in [0, 0.05) is 26.2 Å². The smallest absolute Gasteiger partial charge is 0.317 e. The molecule has 0 unspecified atom stereocenters. The lowest BCUT2D eigenvalue weighted by Crippen LogP contribution is -2.47. The molecule has 0 bridgehead atoms. The number of rotatable bonds is 3. The molecule has 1 aliphatic heterocycles. The predicted octanol–water partition coefficient (Wildman–Crippen LogP) is -0.410. The molecule has 0 atom stereocenters. The van der Waals surface area contributed by atoms with Crippen molar-refractivity contribution in [1.82, 2.24) is 15.1 Å². The van der Waals surface area contributed by atoms with Crippen molar-refractivity contribution < 1.29 is 9.53 Å². The number of urea groups is 1. The normalized spacial score (nSPS) is 17.2. The Hall–Kier alpha value is -0.810. The first-order valence-corrected chi connectivity index (χ1v) is 4.95. The summed E-state index contributed by atoms with van der Waals surface area (Å²) < 4.78 is 5.16. The molecule has 5 nitrogen and oxygen atoms in total. The summed E-state index contributed by atoms with van der Waals surface area (Å²) >= 11 is 0. The Morgan fingerprint density at radius 3 is 2.64 bits per heavy atom. The van der Waals surface area contributed by atoms with E-state index in [1.54, 1.807) is 4.90 Å². The fraction of sp³-hybridized carbons (Fsp3) is 0.889. The molecule has 1 saturated heterocycles. The number of hydrogen-bond acceptors (Lipinski definition) is 3. The molecule has 14 heavy (non-hydrogen) atoms. The molecule has 1 N–H and O–H groups in total. The Bertz CT molecular complexity index is 179. The minimum absolute atomic E-state index is 0.0233. The maximum absolute atomic E-state index is 11.5. The average molecular weight is 201 g/mol. The summed E-state index contributed by atoms with van der Waals surface area (Å²) in [6.07, 6.45) is 0. The van der Waals surface area contributed by atoms with E-state index in [0.717, 1.165) is 6.54 Å². The summed E-state index contributed by atoms with van der Waals surface area (Å²) in [7, 11) is 3.97. The number of nitrogens with one attached hydrogen (secondary N) is 1. The van der Waals surface area contributed by atoms with Crippen molar-refractivity contribution in [2.45, 2.75) is 0 Å². The molecule has 0 aromatic carbocycles. The number of likely N-dealkylation sites (N-methyl/N-ethyl adjacent to an activating group) is 1. The minimum atomic E-state index is 0.0233. The fourth-order valence-electron chi connectivity index (χ4n) is 1.26. The van der Waals surface area contributed by atoms with Gasteiger partial charge in [0.15, 0.2) is 0 Å². The molecule has 0 saturated carbocycles. The topological polar surface area (TPSA) is 44.8 Å². The van der Waals surface area contributed by atoms with Gasteiger partial charge >= 0.3 is 6.03 Å². The van der Waals surface area contributed by atoms with E-state index in [0.29, 0.717) is 32.8 Å². The summed E-state index contributed by atoms with van der Waals surface area (Å²) in [6, 6.07) is 0.0233. The van der Waals surface area contributed by atoms with E-state index in [9.17, 15) is 4.79 Å². The zero-order valence-corrected chi connectivity index (χ0v) is 8.95. The minimum Gasteiger partial charge on any atom is -0.378 e. The molecule has 1 fully saturated rings. The van der Waals surface area contributed by atoms with Crippen molar-refractivity contribution in [3.05, 3.63) is 0 Å². The molecule has 1 aliphatic rings. The van der Waals surface area contributed by atoms with Crippen LogP contribution in [0.4, 0.5) is 4.79 Å². The van der Waals surface area contributed by atoms with Gasteiger partial charge in [0.25, 0.3) is 0 Å². The molecule has 82 valence electrons. The second kappa shape index (κ2) is 5.82. The first-order chi connectivity index (χ1) is 6.70. The van der Waals surface area contributed by atoms with Gasteiger partial charge in [-0.2, -0.15) is 0 Å². The lowest BCUT2D eigenvalue weighted by atomic mass is 10.4. The monoisotopic (exact) mass is 201 g/mol. The molecule has 0 aliphatic carbocycles. The molecule has 5 heteroatoms. The Morgan fingerprint density at radius 1 is 1.43 bits per heavy atom. The Balaban J connectivity index is 2.13. The molecule has 2 amide bonds. The Kier molecular flexibility index (Phi) is 4.69. The van der Waals surface area contributed by atoms with E-state index >= 15 is 0 Å². The van der Waals surface area contributed by atoms with Crippen LogP contribution in [0.15, 0.2) is 0 Å². The summed E-state index contributed by atoms with van der Waals surface area (Å²) in [5.41, 5.74) is 0. The van der Waals surface area contributed by atoms with Gasteiger partial charge < -0.3 is 19.9 Å². The van der Waals surface area contributed by atoms with Crippen LogP contribution in [0.5, 0.6) is 0 Å². The first-order valence-electron chi connectivity index (χ1n) is 4.95. The van der Waals surface area contributed by atoms with E-state index < -0.39 is 0 Å². The average Bonchev–Trinajstić information content (AvgIpc) is 2.18. The van der Waals surface area contributed by atoms with Crippen LogP contribution in [-0.2, 0) is 4.74 Å². The van der Waals surface area contributed by atoms with Crippen LogP contribution < -0.4 is 5.32 Å². The predicted molar refractivity (Wildman–Crippen MR) is 54.3 cm³/mol. The van der Waals surface area contributed by atoms with Crippen LogP contribution in [0.25, 0.3) is 0 Å². The summed E-state index contributed by atoms with van der Waals surface area (Å²) in [6.45, 7) is 4.28. The lowest BCUT2D eigenvalue weighted by molar-refractivity contribution is 0.0531. The summed E-state index contributed by atoms with van der Waals surface area (Å²) in [4.78, 5) is 15.4. The highest BCUT2D eigenvalue weighted by Crippen LogP contribution is 1.96. The van der Waals surface area contributed by atoms with Gasteiger partial charge in [-0.25, -0.2) is 4.79 Å². The van der Waals surface area contributed by atoms with E-state index in [2.05, 4.69) is 5.32 Å². The van der Waals surface area contributed by atoms with Crippen LogP contribution >= 0.6 is 0 Å². The van der Waals surface area contributed by atoms with Crippen molar-refractivity contribution in [1.29, 1.82) is 0 Å². The van der Waals surface area contributed by atoms with E-state index in [4.69, 9.17) is 4.74 Å². The molecule has 0 radical (unpaired) electrons. The number of morpholine rings is 1. The van der Waals surface area contributed by atoms with Gasteiger partial charge in [-0.05, 0) is 14.1 Å².